The number of nitrogens with one attached hydrogen (secondary N) is 1. The summed E-state index contributed by atoms with van der Waals surface area (Å²) in [7, 11) is -3.43. The molecule has 0 bridgehead atoms. The molecule has 4 nitrogen and oxygen atoms in total. The molecule has 20 heavy (non-hydrogen) atoms. The van der Waals surface area contributed by atoms with Gasteiger partial charge in [-0.2, -0.15) is 0 Å². The van der Waals surface area contributed by atoms with Gasteiger partial charge in [0.05, 0.1) is 17.5 Å². The van der Waals surface area contributed by atoms with E-state index in [1.165, 1.54) is 0 Å². The van der Waals surface area contributed by atoms with Crippen molar-refractivity contribution in [2.75, 3.05) is 0 Å². The highest BCUT2D eigenvalue weighted by atomic mass is 35.5. The Morgan fingerprint density at radius 2 is 1.90 bits per heavy atom. The SMILES string of the molecule is CC(NS(=O)(=O)Cc1ccc(Cl)cc1)c1ccccn1. The lowest BCUT2D eigenvalue weighted by Gasteiger charge is -2.13. The van der Waals surface area contributed by atoms with Gasteiger partial charge in [-0.05, 0) is 36.8 Å². The van der Waals surface area contributed by atoms with Crippen LogP contribution in [-0.2, 0) is 15.8 Å². The van der Waals surface area contributed by atoms with Crippen LogP contribution in [0.25, 0.3) is 0 Å². The largest absolute Gasteiger partial charge is 0.260 e. The average molecular weight is 311 g/mol. The highest BCUT2D eigenvalue weighted by Crippen LogP contribution is 2.14. The summed E-state index contributed by atoms with van der Waals surface area (Å²) in [6.45, 7) is 1.77. The Morgan fingerprint density at radius 1 is 1.20 bits per heavy atom. The highest BCUT2D eigenvalue weighted by Gasteiger charge is 2.17. The van der Waals surface area contributed by atoms with E-state index in [-0.39, 0.29) is 11.8 Å². The van der Waals surface area contributed by atoms with Crippen molar-refractivity contribution >= 4 is 21.6 Å². The third-order valence-electron chi connectivity index (χ3n) is 2.76. The fourth-order valence-corrected chi connectivity index (χ4v) is 3.30. The molecular weight excluding hydrogens is 296 g/mol. The fourth-order valence-electron chi connectivity index (χ4n) is 1.80. The second-order valence-corrected chi connectivity index (χ2v) is 6.67. The number of pyridine rings is 1. The van der Waals surface area contributed by atoms with Crippen molar-refractivity contribution in [2.24, 2.45) is 0 Å². The molecule has 106 valence electrons. The van der Waals surface area contributed by atoms with Gasteiger partial charge < -0.3 is 0 Å². The second kappa shape index (κ2) is 6.35. The Bertz CT molecular complexity index is 657. The lowest BCUT2D eigenvalue weighted by molar-refractivity contribution is 0.563. The maximum absolute atomic E-state index is 12.1. The second-order valence-electron chi connectivity index (χ2n) is 4.48. The van der Waals surface area contributed by atoms with Gasteiger partial charge in [-0.25, -0.2) is 13.1 Å². The molecule has 1 aromatic carbocycles. The molecule has 1 N–H and O–H groups in total. The Balaban J connectivity index is 2.06. The normalized spacial score (nSPS) is 13.1. The molecule has 0 aliphatic heterocycles. The molecule has 0 amide bonds. The molecule has 0 saturated carbocycles. The molecule has 1 aromatic heterocycles. The van der Waals surface area contributed by atoms with Gasteiger partial charge in [-0.1, -0.05) is 29.8 Å². The van der Waals surface area contributed by atoms with Crippen LogP contribution in [0.4, 0.5) is 0 Å². The number of sulfonamides is 1. The zero-order valence-corrected chi connectivity index (χ0v) is 12.5. The van der Waals surface area contributed by atoms with Crippen LogP contribution in [0.3, 0.4) is 0 Å². The van der Waals surface area contributed by atoms with E-state index in [0.717, 1.165) is 0 Å². The summed E-state index contributed by atoms with van der Waals surface area (Å²) in [5, 5.41) is 0.584. The van der Waals surface area contributed by atoms with Gasteiger partial charge in [-0.15, -0.1) is 0 Å². The van der Waals surface area contributed by atoms with Crippen molar-refractivity contribution in [2.45, 2.75) is 18.7 Å². The molecule has 0 saturated heterocycles. The van der Waals surface area contributed by atoms with Crippen molar-refractivity contribution in [3.63, 3.8) is 0 Å². The van der Waals surface area contributed by atoms with E-state index in [0.29, 0.717) is 16.3 Å². The predicted octanol–water partition coefficient (Wildman–Crippen LogP) is 2.92. The molecule has 1 heterocycles. The van der Waals surface area contributed by atoms with Crippen LogP contribution in [0.1, 0.15) is 24.2 Å². The van der Waals surface area contributed by atoms with E-state index in [9.17, 15) is 8.42 Å². The minimum Gasteiger partial charge on any atom is -0.260 e. The number of hydrogen-bond donors (Lipinski definition) is 1. The third kappa shape index (κ3) is 4.30. The zero-order chi connectivity index (χ0) is 14.6. The average Bonchev–Trinajstić information content (AvgIpc) is 2.41. The topological polar surface area (TPSA) is 59.1 Å². The maximum atomic E-state index is 12.1. The number of halogens is 1. The summed E-state index contributed by atoms with van der Waals surface area (Å²) in [6.07, 6.45) is 1.64. The molecule has 0 radical (unpaired) electrons. The Hall–Kier alpha value is -1.43. The minimum atomic E-state index is -3.43. The van der Waals surface area contributed by atoms with Gasteiger partial charge in [-0.3, -0.25) is 4.98 Å². The molecule has 0 aliphatic carbocycles. The van der Waals surface area contributed by atoms with Gasteiger partial charge in [0.25, 0.3) is 0 Å². The molecule has 1 unspecified atom stereocenters. The van der Waals surface area contributed by atoms with Crippen molar-refractivity contribution in [1.82, 2.24) is 9.71 Å². The number of rotatable bonds is 5. The standard InChI is InChI=1S/C14H15ClN2O2S/c1-11(14-4-2-3-9-16-14)17-20(18,19)10-12-5-7-13(15)8-6-12/h2-9,11,17H,10H2,1H3. The monoisotopic (exact) mass is 310 g/mol. The van der Waals surface area contributed by atoms with E-state index < -0.39 is 10.0 Å². The third-order valence-corrected chi connectivity index (χ3v) is 4.44. The molecular formula is C14H15ClN2O2S. The number of nitrogens with zero attached hydrogens (tertiary/aromatic N) is 1. The Labute approximate surface area is 123 Å². The van der Waals surface area contributed by atoms with Crippen LogP contribution in [0.15, 0.2) is 48.7 Å². The summed E-state index contributed by atoms with van der Waals surface area (Å²) in [4.78, 5) is 4.14. The lowest BCUT2D eigenvalue weighted by atomic mass is 10.2. The summed E-state index contributed by atoms with van der Waals surface area (Å²) in [6, 6.07) is 11.8. The van der Waals surface area contributed by atoms with Crippen molar-refractivity contribution in [3.8, 4) is 0 Å². The van der Waals surface area contributed by atoms with Crippen LogP contribution >= 0.6 is 11.6 Å². The number of benzene rings is 1. The molecule has 2 aromatic rings. The van der Waals surface area contributed by atoms with Gasteiger partial charge in [0.1, 0.15) is 0 Å². The minimum absolute atomic E-state index is 0.0820. The highest BCUT2D eigenvalue weighted by molar-refractivity contribution is 7.88. The van der Waals surface area contributed by atoms with E-state index in [2.05, 4.69) is 9.71 Å². The first kappa shape index (κ1) is 15.0. The molecule has 1 atom stereocenters. The first-order valence-corrected chi connectivity index (χ1v) is 8.15. The molecule has 2 rings (SSSR count). The Morgan fingerprint density at radius 3 is 2.50 bits per heavy atom. The molecule has 0 fully saturated rings. The summed E-state index contributed by atoms with van der Waals surface area (Å²) in [5.41, 5.74) is 1.38. The summed E-state index contributed by atoms with van der Waals surface area (Å²) in [5.74, 6) is -0.0820. The van der Waals surface area contributed by atoms with E-state index >= 15 is 0 Å². The predicted molar refractivity (Wildman–Crippen MR) is 79.9 cm³/mol. The van der Waals surface area contributed by atoms with Crippen LogP contribution in [0.2, 0.25) is 5.02 Å². The van der Waals surface area contributed by atoms with Gasteiger partial charge in [0, 0.05) is 11.2 Å². The smallest absolute Gasteiger partial charge is 0.216 e. The molecule has 0 spiro atoms. The van der Waals surface area contributed by atoms with Crippen LogP contribution in [0, 0.1) is 0 Å². The van der Waals surface area contributed by atoms with Crippen LogP contribution in [0.5, 0.6) is 0 Å². The summed E-state index contributed by atoms with van der Waals surface area (Å²) >= 11 is 5.77. The fraction of sp³-hybridized carbons (Fsp3) is 0.214. The first-order valence-electron chi connectivity index (χ1n) is 6.12. The Kier molecular flexibility index (Phi) is 4.75. The quantitative estimate of drug-likeness (QED) is 0.923. The van der Waals surface area contributed by atoms with Crippen LogP contribution < -0.4 is 4.72 Å². The van der Waals surface area contributed by atoms with Crippen LogP contribution in [-0.4, -0.2) is 13.4 Å². The van der Waals surface area contributed by atoms with Gasteiger partial charge in [0.15, 0.2) is 0 Å². The van der Waals surface area contributed by atoms with E-state index in [1.807, 2.05) is 6.07 Å². The first-order chi connectivity index (χ1) is 9.46. The summed E-state index contributed by atoms with van der Waals surface area (Å²) < 4.78 is 26.8. The maximum Gasteiger partial charge on any atom is 0.216 e. The zero-order valence-electron chi connectivity index (χ0n) is 11.0. The van der Waals surface area contributed by atoms with E-state index in [4.69, 9.17) is 11.6 Å². The van der Waals surface area contributed by atoms with E-state index in [1.54, 1.807) is 49.5 Å². The molecule has 0 aliphatic rings. The van der Waals surface area contributed by atoms with Crippen molar-refractivity contribution in [1.29, 1.82) is 0 Å². The molecule has 6 heteroatoms. The van der Waals surface area contributed by atoms with Gasteiger partial charge in [0.2, 0.25) is 10.0 Å². The number of aromatic nitrogens is 1. The van der Waals surface area contributed by atoms with Crippen molar-refractivity contribution in [3.05, 3.63) is 64.9 Å². The number of hydrogen-bond acceptors (Lipinski definition) is 3. The lowest BCUT2D eigenvalue weighted by Crippen LogP contribution is -2.28. The van der Waals surface area contributed by atoms with Crippen molar-refractivity contribution < 1.29 is 8.42 Å². The van der Waals surface area contributed by atoms with Gasteiger partial charge >= 0.3 is 0 Å².